The Bertz CT molecular complexity index is 383. The summed E-state index contributed by atoms with van der Waals surface area (Å²) in [5, 5.41) is 62.2. The lowest BCUT2D eigenvalue weighted by Gasteiger charge is -2.38. The van der Waals surface area contributed by atoms with Crippen LogP contribution in [0.1, 0.15) is 0 Å². The van der Waals surface area contributed by atoms with Gasteiger partial charge in [0.1, 0.15) is 24.4 Å². The first kappa shape index (κ1) is 16.4. The predicted octanol–water partition coefficient (Wildman–Crippen LogP) is -4.94. The molecule has 2 aliphatic heterocycles. The van der Waals surface area contributed by atoms with Crippen LogP contribution in [0, 0.1) is 0 Å². The van der Waals surface area contributed by atoms with Gasteiger partial charge in [-0.15, -0.1) is 0 Å². The number of aliphatic hydroxyl groups excluding tert-OH is 6. The van der Waals surface area contributed by atoms with Gasteiger partial charge < -0.3 is 46.0 Å². The van der Waals surface area contributed by atoms with E-state index in [-0.39, 0.29) is 19.7 Å². The monoisotopic (exact) mass is 307 g/mol. The van der Waals surface area contributed by atoms with Gasteiger partial charge in [0, 0.05) is 6.54 Å². The Kier molecular flexibility index (Phi) is 5.32. The molecule has 0 radical (unpaired) electrons. The van der Waals surface area contributed by atoms with Crippen molar-refractivity contribution >= 4 is 5.96 Å². The predicted molar refractivity (Wildman–Crippen MR) is 69.2 cm³/mol. The number of nitrogens with zero attached hydrogens (tertiary/aromatic N) is 1. The van der Waals surface area contributed by atoms with Crippen molar-refractivity contribution in [2.75, 3.05) is 19.7 Å². The van der Waals surface area contributed by atoms with Crippen LogP contribution in [0.4, 0.5) is 0 Å². The quantitative estimate of drug-likeness (QED) is 0.255. The molecular formula is C11H21N3O7. The molecule has 0 aromatic rings. The van der Waals surface area contributed by atoms with Crippen LogP contribution in [-0.2, 0) is 4.74 Å². The third-order valence-corrected chi connectivity index (χ3v) is 3.58. The first-order chi connectivity index (χ1) is 9.93. The normalized spacial score (nSPS) is 43.9. The van der Waals surface area contributed by atoms with Crippen molar-refractivity contribution < 1.29 is 35.4 Å². The van der Waals surface area contributed by atoms with Crippen molar-refractivity contribution in [3.63, 3.8) is 0 Å². The molecule has 0 bridgehead atoms. The number of ether oxygens (including phenoxy) is 1. The molecule has 10 heteroatoms. The van der Waals surface area contributed by atoms with Gasteiger partial charge in [0.25, 0.3) is 0 Å². The van der Waals surface area contributed by atoms with E-state index >= 15 is 0 Å². The number of guanidine groups is 1. The Morgan fingerprint density at radius 2 is 1.86 bits per heavy atom. The molecule has 21 heavy (non-hydrogen) atoms. The number of hydrogen-bond donors (Lipinski definition) is 8. The minimum Gasteiger partial charge on any atom is -0.394 e. The van der Waals surface area contributed by atoms with Crippen molar-refractivity contribution in [3.8, 4) is 0 Å². The SMILES string of the molecule is OC[C@H]1NC(NC[C@H]2OC(O)[C@H](O)[C@@H](O)[C@@H]2O)=NC[C@@H]1O. The average Bonchev–Trinajstić information content (AvgIpc) is 2.48. The third-order valence-electron chi connectivity index (χ3n) is 3.58. The number of aliphatic imine (C=N–C) groups is 1. The molecule has 0 aromatic heterocycles. The van der Waals surface area contributed by atoms with Gasteiger partial charge in [-0.3, -0.25) is 4.99 Å². The molecule has 0 amide bonds. The molecule has 1 unspecified atom stereocenters. The van der Waals surface area contributed by atoms with Crippen LogP contribution in [0.15, 0.2) is 4.99 Å². The zero-order valence-corrected chi connectivity index (χ0v) is 11.2. The van der Waals surface area contributed by atoms with E-state index in [1.165, 1.54) is 0 Å². The van der Waals surface area contributed by atoms with Gasteiger partial charge in [0.05, 0.1) is 25.3 Å². The number of rotatable bonds is 3. The highest BCUT2D eigenvalue weighted by Crippen LogP contribution is 2.19. The van der Waals surface area contributed by atoms with E-state index in [0.717, 1.165) is 0 Å². The highest BCUT2D eigenvalue weighted by molar-refractivity contribution is 5.80. The van der Waals surface area contributed by atoms with E-state index < -0.39 is 42.9 Å². The fourth-order valence-electron chi connectivity index (χ4n) is 2.20. The molecule has 7 atom stereocenters. The summed E-state index contributed by atoms with van der Waals surface area (Å²) in [6.07, 6.45) is -7.81. The van der Waals surface area contributed by atoms with Gasteiger partial charge in [-0.25, -0.2) is 0 Å². The topological polar surface area (TPSA) is 167 Å². The molecule has 0 aliphatic carbocycles. The molecule has 8 N–H and O–H groups in total. The molecule has 2 rings (SSSR count). The molecule has 1 fully saturated rings. The Morgan fingerprint density at radius 1 is 1.14 bits per heavy atom. The maximum Gasteiger partial charge on any atom is 0.191 e. The summed E-state index contributed by atoms with van der Waals surface area (Å²) in [5.41, 5.74) is 0. The van der Waals surface area contributed by atoms with E-state index in [0.29, 0.717) is 5.96 Å². The maximum atomic E-state index is 9.77. The smallest absolute Gasteiger partial charge is 0.191 e. The average molecular weight is 307 g/mol. The number of aliphatic hydroxyl groups is 6. The van der Waals surface area contributed by atoms with Gasteiger partial charge >= 0.3 is 0 Å². The lowest BCUT2D eigenvalue weighted by molar-refractivity contribution is -0.279. The lowest BCUT2D eigenvalue weighted by Crippen LogP contribution is -2.61. The van der Waals surface area contributed by atoms with E-state index in [1.54, 1.807) is 0 Å². The van der Waals surface area contributed by atoms with Crippen LogP contribution in [0.5, 0.6) is 0 Å². The third kappa shape index (κ3) is 3.61. The number of hydrogen-bond acceptors (Lipinski definition) is 10. The van der Waals surface area contributed by atoms with E-state index in [9.17, 15) is 25.5 Å². The molecule has 0 aromatic carbocycles. The first-order valence-corrected chi connectivity index (χ1v) is 6.65. The van der Waals surface area contributed by atoms with E-state index in [1.807, 2.05) is 0 Å². The summed E-state index contributed by atoms with van der Waals surface area (Å²) in [5.74, 6) is 0.297. The maximum absolute atomic E-state index is 9.77. The zero-order chi connectivity index (χ0) is 15.6. The second kappa shape index (κ2) is 6.83. The van der Waals surface area contributed by atoms with Crippen molar-refractivity contribution in [2.45, 2.75) is 42.9 Å². The van der Waals surface area contributed by atoms with Crippen molar-refractivity contribution in [2.24, 2.45) is 4.99 Å². The summed E-state index contributed by atoms with van der Waals surface area (Å²) in [4.78, 5) is 3.99. The molecule has 122 valence electrons. The molecular weight excluding hydrogens is 286 g/mol. The first-order valence-electron chi connectivity index (χ1n) is 6.65. The van der Waals surface area contributed by atoms with Gasteiger partial charge in [-0.1, -0.05) is 0 Å². The van der Waals surface area contributed by atoms with Crippen LogP contribution in [0.3, 0.4) is 0 Å². The van der Waals surface area contributed by atoms with Gasteiger partial charge in [0.15, 0.2) is 12.2 Å². The summed E-state index contributed by atoms with van der Waals surface area (Å²) in [7, 11) is 0. The fourth-order valence-corrected chi connectivity index (χ4v) is 2.20. The highest BCUT2D eigenvalue weighted by Gasteiger charge is 2.42. The summed E-state index contributed by atoms with van der Waals surface area (Å²) in [6.45, 7) is -0.158. The van der Waals surface area contributed by atoms with Crippen molar-refractivity contribution in [1.82, 2.24) is 10.6 Å². The second-order valence-corrected chi connectivity index (χ2v) is 5.11. The minimum atomic E-state index is -1.59. The Labute approximate surface area is 120 Å². The van der Waals surface area contributed by atoms with E-state index in [2.05, 4.69) is 15.6 Å². The Balaban J connectivity index is 1.88. The molecule has 0 saturated carbocycles. The molecule has 10 nitrogen and oxygen atoms in total. The van der Waals surface area contributed by atoms with Crippen LogP contribution < -0.4 is 10.6 Å². The van der Waals surface area contributed by atoms with Crippen molar-refractivity contribution in [1.29, 1.82) is 0 Å². The minimum absolute atomic E-state index is 0.00207. The van der Waals surface area contributed by atoms with Gasteiger partial charge in [-0.2, -0.15) is 0 Å². The largest absolute Gasteiger partial charge is 0.394 e. The van der Waals surface area contributed by atoms with E-state index in [4.69, 9.17) is 9.84 Å². The summed E-state index contributed by atoms with van der Waals surface area (Å²) >= 11 is 0. The van der Waals surface area contributed by atoms with Crippen molar-refractivity contribution in [3.05, 3.63) is 0 Å². The molecule has 0 spiro atoms. The van der Waals surface area contributed by atoms with Crippen LogP contribution in [-0.4, -0.2) is 99.1 Å². The van der Waals surface area contributed by atoms with Gasteiger partial charge in [-0.05, 0) is 0 Å². The van der Waals surface area contributed by atoms with Crippen LogP contribution in [0.2, 0.25) is 0 Å². The van der Waals surface area contributed by atoms with Crippen LogP contribution in [0.25, 0.3) is 0 Å². The molecule has 2 heterocycles. The summed E-state index contributed by atoms with van der Waals surface area (Å²) in [6, 6.07) is -0.555. The molecule has 2 aliphatic rings. The number of nitrogens with one attached hydrogen (secondary N) is 2. The van der Waals surface area contributed by atoms with Crippen LogP contribution >= 0.6 is 0 Å². The standard InChI is InChI=1S/C11H21N3O7/c15-3-4-5(16)1-12-11(14-4)13-2-6-7(17)8(18)9(19)10(20)21-6/h4-10,15-20H,1-3H2,(H2,12,13,14)/t4-,5+,6-,7-,8+,9-,10?/m1/s1. The fraction of sp³-hybridized carbons (Fsp3) is 0.909. The second-order valence-electron chi connectivity index (χ2n) is 5.11. The Morgan fingerprint density at radius 3 is 2.52 bits per heavy atom. The van der Waals surface area contributed by atoms with Gasteiger partial charge in [0.2, 0.25) is 0 Å². The lowest BCUT2D eigenvalue weighted by atomic mass is 9.99. The Hall–Kier alpha value is -1.01. The highest BCUT2D eigenvalue weighted by atomic mass is 16.6. The zero-order valence-electron chi connectivity index (χ0n) is 11.2. The summed E-state index contributed by atoms with van der Waals surface area (Å²) < 4.78 is 5.00. The molecule has 1 saturated heterocycles.